The van der Waals surface area contributed by atoms with Crippen LogP contribution < -0.4 is 5.32 Å². The number of nitrogens with one attached hydrogen (secondary N) is 1. The van der Waals surface area contributed by atoms with Gasteiger partial charge in [0, 0.05) is 24.9 Å². The Bertz CT molecular complexity index is 601. The maximum absolute atomic E-state index is 11.7. The van der Waals surface area contributed by atoms with Gasteiger partial charge in [-0.2, -0.15) is 0 Å². The Morgan fingerprint density at radius 3 is 2.00 bits per heavy atom. The zero-order valence-electron chi connectivity index (χ0n) is 14.2. The van der Waals surface area contributed by atoms with Crippen molar-refractivity contribution >= 4 is 0 Å². The number of fused-ring (bicyclic) bond motifs is 1. The van der Waals surface area contributed by atoms with Gasteiger partial charge in [-0.05, 0) is 36.3 Å². The van der Waals surface area contributed by atoms with Crippen molar-refractivity contribution in [3.05, 3.63) is 71.8 Å². The molecule has 24 heavy (non-hydrogen) atoms. The molecule has 0 bridgehead atoms. The fourth-order valence-corrected chi connectivity index (χ4v) is 4.75. The molecule has 2 aromatic rings. The molecule has 0 aromatic heterocycles. The molecular weight excluding hydrogens is 294 g/mol. The zero-order valence-corrected chi connectivity index (χ0v) is 14.2. The predicted octanol–water partition coefficient (Wildman–Crippen LogP) is 3.73. The summed E-state index contributed by atoms with van der Waals surface area (Å²) >= 11 is 0. The van der Waals surface area contributed by atoms with Crippen molar-refractivity contribution in [3.63, 3.8) is 0 Å². The molecule has 1 heterocycles. The molecule has 0 spiro atoms. The van der Waals surface area contributed by atoms with E-state index in [1.54, 1.807) is 0 Å². The van der Waals surface area contributed by atoms with Gasteiger partial charge >= 0.3 is 0 Å². The van der Waals surface area contributed by atoms with E-state index in [1.807, 2.05) is 12.1 Å². The second kappa shape index (κ2) is 6.70. The lowest BCUT2D eigenvalue weighted by Crippen LogP contribution is -2.52. The highest BCUT2D eigenvalue weighted by molar-refractivity contribution is 5.24. The second-order valence-electron chi connectivity index (χ2n) is 7.68. The van der Waals surface area contributed by atoms with E-state index in [-0.39, 0.29) is 6.04 Å². The van der Waals surface area contributed by atoms with Crippen LogP contribution in [-0.4, -0.2) is 22.8 Å². The molecule has 2 aromatic carbocycles. The topological polar surface area (TPSA) is 32.3 Å². The second-order valence-corrected chi connectivity index (χ2v) is 7.68. The average Bonchev–Trinajstić information content (AvgIpc) is 3.18. The fourth-order valence-electron chi connectivity index (χ4n) is 4.75. The molecule has 3 atom stereocenters. The van der Waals surface area contributed by atoms with Crippen molar-refractivity contribution in [1.82, 2.24) is 5.32 Å². The molecule has 0 unspecified atom stereocenters. The van der Waals surface area contributed by atoms with Crippen LogP contribution in [0.25, 0.3) is 0 Å². The molecule has 2 fully saturated rings. The Balaban J connectivity index is 1.59. The summed E-state index contributed by atoms with van der Waals surface area (Å²) in [6.07, 6.45) is 6.46. The first-order chi connectivity index (χ1) is 11.7. The van der Waals surface area contributed by atoms with Gasteiger partial charge in [-0.1, -0.05) is 67.1 Å². The molecule has 2 nitrogen and oxygen atoms in total. The summed E-state index contributed by atoms with van der Waals surface area (Å²) in [5.74, 6) is 0.757. The first kappa shape index (κ1) is 15.9. The number of hydrogen-bond acceptors (Lipinski definition) is 2. The lowest BCUT2D eigenvalue weighted by atomic mass is 9.80. The van der Waals surface area contributed by atoms with Gasteiger partial charge in [0.15, 0.2) is 0 Å². The van der Waals surface area contributed by atoms with Crippen LogP contribution in [-0.2, 0) is 12.8 Å². The summed E-state index contributed by atoms with van der Waals surface area (Å²) in [5.41, 5.74) is 1.71. The van der Waals surface area contributed by atoms with Gasteiger partial charge in [0.2, 0.25) is 0 Å². The monoisotopic (exact) mass is 321 g/mol. The minimum Gasteiger partial charge on any atom is -0.388 e. The molecule has 0 amide bonds. The zero-order chi connectivity index (χ0) is 16.4. The lowest BCUT2D eigenvalue weighted by molar-refractivity contribution is 0.00512. The standard InChI is InChI=1S/C22H27NO/c24-22(15-17-8-3-1-4-9-17,16-18-10-5-2-6-11-18)21-14-19-12-7-13-20(19)23-21/h1-6,8-11,19-21,23-24H,7,12-16H2/t19-,20-,21-/m1/s1. The Labute approximate surface area is 144 Å². The van der Waals surface area contributed by atoms with Crippen LogP contribution in [0.3, 0.4) is 0 Å². The molecule has 126 valence electrons. The van der Waals surface area contributed by atoms with E-state index in [2.05, 4.69) is 53.8 Å². The average molecular weight is 321 g/mol. The number of aliphatic hydroxyl groups is 1. The normalized spacial score (nSPS) is 26.5. The Kier molecular flexibility index (Phi) is 4.43. The highest BCUT2D eigenvalue weighted by Crippen LogP contribution is 2.39. The van der Waals surface area contributed by atoms with Gasteiger partial charge < -0.3 is 10.4 Å². The van der Waals surface area contributed by atoms with Gasteiger partial charge in [-0.25, -0.2) is 0 Å². The van der Waals surface area contributed by atoms with Crippen LogP contribution in [0.4, 0.5) is 0 Å². The first-order valence-corrected chi connectivity index (χ1v) is 9.29. The Hall–Kier alpha value is -1.64. The fraction of sp³-hybridized carbons (Fsp3) is 0.455. The van der Waals surface area contributed by atoms with Crippen molar-refractivity contribution in [3.8, 4) is 0 Å². The molecular formula is C22H27NO. The van der Waals surface area contributed by atoms with Crippen LogP contribution in [0.1, 0.15) is 36.8 Å². The summed E-state index contributed by atoms with van der Waals surface area (Å²) in [5, 5.41) is 15.5. The maximum atomic E-state index is 11.7. The molecule has 2 aliphatic rings. The van der Waals surface area contributed by atoms with Crippen LogP contribution >= 0.6 is 0 Å². The molecule has 4 rings (SSSR count). The van der Waals surface area contributed by atoms with Gasteiger partial charge in [0.05, 0.1) is 5.60 Å². The minimum absolute atomic E-state index is 0.188. The van der Waals surface area contributed by atoms with E-state index in [9.17, 15) is 5.11 Å². The summed E-state index contributed by atoms with van der Waals surface area (Å²) in [6, 6.07) is 21.7. The molecule has 1 saturated carbocycles. The van der Waals surface area contributed by atoms with Gasteiger partial charge in [-0.15, -0.1) is 0 Å². The van der Waals surface area contributed by atoms with Crippen LogP contribution in [0.5, 0.6) is 0 Å². The Morgan fingerprint density at radius 2 is 1.46 bits per heavy atom. The van der Waals surface area contributed by atoms with Gasteiger partial charge in [-0.3, -0.25) is 0 Å². The SMILES string of the molecule is OC(Cc1ccccc1)(Cc1ccccc1)[C@H]1C[C@H]2CCC[C@H]2N1. The van der Waals surface area contributed by atoms with Crippen LogP contribution in [0.2, 0.25) is 0 Å². The van der Waals surface area contributed by atoms with E-state index in [4.69, 9.17) is 0 Å². The van der Waals surface area contributed by atoms with E-state index >= 15 is 0 Å². The number of hydrogen-bond donors (Lipinski definition) is 2. The summed E-state index contributed by atoms with van der Waals surface area (Å²) in [4.78, 5) is 0. The van der Waals surface area contributed by atoms with Crippen LogP contribution in [0.15, 0.2) is 60.7 Å². The number of rotatable bonds is 5. The molecule has 2 N–H and O–H groups in total. The van der Waals surface area contributed by atoms with E-state index in [0.717, 1.165) is 12.3 Å². The van der Waals surface area contributed by atoms with Crippen molar-refractivity contribution in [1.29, 1.82) is 0 Å². The van der Waals surface area contributed by atoms with Crippen molar-refractivity contribution < 1.29 is 5.11 Å². The first-order valence-electron chi connectivity index (χ1n) is 9.29. The highest BCUT2D eigenvalue weighted by Gasteiger charge is 2.46. The van der Waals surface area contributed by atoms with Crippen molar-refractivity contribution in [2.75, 3.05) is 0 Å². The third kappa shape index (κ3) is 3.26. The largest absolute Gasteiger partial charge is 0.388 e. The third-order valence-electron chi connectivity index (χ3n) is 5.97. The van der Waals surface area contributed by atoms with Gasteiger partial charge in [0.1, 0.15) is 0 Å². The lowest BCUT2D eigenvalue weighted by Gasteiger charge is -2.35. The summed E-state index contributed by atoms with van der Waals surface area (Å²) in [7, 11) is 0. The third-order valence-corrected chi connectivity index (χ3v) is 5.97. The minimum atomic E-state index is -0.729. The van der Waals surface area contributed by atoms with Crippen LogP contribution in [0, 0.1) is 5.92 Å². The van der Waals surface area contributed by atoms with Gasteiger partial charge in [0.25, 0.3) is 0 Å². The molecule has 2 heteroatoms. The van der Waals surface area contributed by atoms with Crippen molar-refractivity contribution in [2.45, 2.75) is 56.2 Å². The van der Waals surface area contributed by atoms with E-state index in [1.165, 1.54) is 30.4 Å². The summed E-state index contributed by atoms with van der Waals surface area (Å²) < 4.78 is 0. The summed E-state index contributed by atoms with van der Waals surface area (Å²) in [6.45, 7) is 0. The Morgan fingerprint density at radius 1 is 0.875 bits per heavy atom. The quantitative estimate of drug-likeness (QED) is 0.879. The van der Waals surface area contributed by atoms with E-state index < -0.39 is 5.60 Å². The molecule has 0 radical (unpaired) electrons. The predicted molar refractivity (Wildman–Crippen MR) is 97.9 cm³/mol. The maximum Gasteiger partial charge on any atom is 0.0880 e. The number of benzene rings is 2. The van der Waals surface area contributed by atoms with Crippen molar-refractivity contribution in [2.24, 2.45) is 5.92 Å². The molecule has 1 saturated heterocycles. The highest BCUT2D eigenvalue weighted by atomic mass is 16.3. The smallest absolute Gasteiger partial charge is 0.0880 e. The molecule has 1 aliphatic heterocycles. The van der Waals surface area contributed by atoms with E-state index in [0.29, 0.717) is 18.9 Å². The molecule has 1 aliphatic carbocycles.